The zero-order valence-corrected chi connectivity index (χ0v) is 19.3. The van der Waals surface area contributed by atoms with E-state index in [0.717, 1.165) is 0 Å². The second kappa shape index (κ2) is 9.35. The molecule has 2 aromatic rings. The molecule has 2 N–H and O–H groups in total. The van der Waals surface area contributed by atoms with Crippen LogP contribution >= 0.6 is 27.5 Å². The van der Waals surface area contributed by atoms with Crippen molar-refractivity contribution in [2.45, 2.75) is 50.3 Å². The lowest BCUT2D eigenvalue weighted by atomic mass is 9.98. The van der Waals surface area contributed by atoms with E-state index in [-0.39, 0.29) is 23.8 Å². The number of ether oxygens (including phenoxy) is 3. The van der Waals surface area contributed by atoms with Gasteiger partial charge in [-0.3, -0.25) is 14.4 Å². The molecule has 1 saturated carbocycles. The van der Waals surface area contributed by atoms with Crippen molar-refractivity contribution < 1.29 is 28.6 Å². The maximum atomic E-state index is 11.8. The van der Waals surface area contributed by atoms with E-state index in [1.165, 1.54) is 20.8 Å². The second-order valence-corrected chi connectivity index (χ2v) is 8.55. The van der Waals surface area contributed by atoms with Gasteiger partial charge in [-0.05, 0) is 6.42 Å². The molecular weight excluding hydrogens is 498 g/mol. The van der Waals surface area contributed by atoms with Gasteiger partial charge in [-0.1, -0.05) is 27.5 Å². The van der Waals surface area contributed by atoms with Gasteiger partial charge in [0.05, 0.1) is 17.2 Å². The molecule has 2 heterocycles. The van der Waals surface area contributed by atoms with E-state index in [9.17, 15) is 14.4 Å². The summed E-state index contributed by atoms with van der Waals surface area (Å²) in [4.78, 5) is 46.8. The first kappa shape index (κ1) is 23.2. The number of nitrogens with zero attached hydrogens (tertiary/aromatic N) is 4. The largest absolute Gasteiger partial charge is 0.462 e. The minimum atomic E-state index is -0.825. The van der Waals surface area contributed by atoms with Crippen molar-refractivity contribution in [3.63, 3.8) is 0 Å². The van der Waals surface area contributed by atoms with Gasteiger partial charge < -0.3 is 24.5 Å². The highest BCUT2D eigenvalue weighted by molar-refractivity contribution is 9.09. The standard InChI is InChI=1S/C18H21BrClN5O6/c1-7(26)29-5-12(30-8(2)27)10-4-11(13(19)15(10)31-9(3)28)25-6-22-14-16(20)23-18(21)24-17(14)25/h6,10-13,15H,4-5H2,1-3H3,(H2,21,23,24)/t10-,11-,12?,13-,15-/m1/s1. The van der Waals surface area contributed by atoms with E-state index >= 15 is 0 Å². The van der Waals surface area contributed by atoms with Crippen molar-refractivity contribution in [1.82, 2.24) is 19.5 Å². The van der Waals surface area contributed by atoms with Crippen LogP contribution in [0.1, 0.15) is 33.2 Å². The molecule has 0 radical (unpaired) electrons. The number of alkyl halides is 1. The number of aromatic nitrogens is 4. The van der Waals surface area contributed by atoms with Gasteiger partial charge in [-0.25, -0.2) is 4.98 Å². The Morgan fingerprint density at radius 1 is 1.26 bits per heavy atom. The van der Waals surface area contributed by atoms with Crippen LogP contribution < -0.4 is 5.73 Å². The molecular formula is C18H21BrClN5O6. The lowest BCUT2D eigenvalue weighted by Crippen LogP contribution is -2.40. The molecule has 0 bridgehead atoms. The topological polar surface area (TPSA) is 149 Å². The van der Waals surface area contributed by atoms with Gasteiger partial charge in [-0.15, -0.1) is 0 Å². The SMILES string of the molecule is CC(=O)OCC(OC(C)=O)[C@H]1C[C@@H](n2cnc3c(Cl)nc(N)nc32)[C@@H](Br)[C@@H]1OC(C)=O. The number of imidazole rings is 1. The predicted molar refractivity (Wildman–Crippen MR) is 112 cm³/mol. The van der Waals surface area contributed by atoms with E-state index in [0.29, 0.717) is 17.6 Å². The molecule has 0 aliphatic heterocycles. The van der Waals surface area contributed by atoms with Crippen molar-refractivity contribution >= 4 is 62.6 Å². The van der Waals surface area contributed by atoms with Gasteiger partial charge in [0.1, 0.15) is 24.3 Å². The first-order valence-electron chi connectivity index (χ1n) is 9.36. The Labute approximate surface area is 190 Å². The molecule has 168 valence electrons. The van der Waals surface area contributed by atoms with Crippen LogP contribution in [-0.2, 0) is 28.6 Å². The van der Waals surface area contributed by atoms with E-state index in [2.05, 4.69) is 30.9 Å². The molecule has 31 heavy (non-hydrogen) atoms. The van der Waals surface area contributed by atoms with E-state index in [4.69, 9.17) is 31.5 Å². The van der Waals surface area contributed by atoms with Crippen LogP contribution in [0.5, 0.6) is 0 Å². The first-order valence-corrected chi connectivity index (χ1v) is 10.6. The highest BCUT2D eigenvalue weighted by Crippen LogP contribution is 2.45. The minimum absolute atomic E-state index is 0.0101. The number of hydrogen-bond donors (Lipinski definition) is 1. The summed E-state index contributed by atoms with van der Waals surface area (Å²) < 4.78 is 17.8. The molecule has 5 atom stereocenters. The van der Waals surface area contributed by atoms with Gasteiger partial charge in [0.25, 0.3) is 0 Å². The number of anilines is 1. The van der Waals surface area contributed by atoms with Crippen LogP contribution in [0.2, 0.25) is 5.15 Å². The molecule has 0 saturated heterocycles. The number of carbonyl (C=O) groups is 3. The molecule has 0 spiro atoms. The molecule has 1 aliphatic carbocycles. The van der Waals surface area contributed by atoms with Crippen molar-refractivity contribution in [2.75, 3.05) is 12.3 Å². The number of esters is 3. The maximum Gasteiger partial charge on any atom is 0.303 e. The number of nitrogens with two attached hydrogens (primary N) is 1. The lowest BCUT2D eigenvalue weighted by molar-refractivity contribution is -0.165. The summed E-state index contributed by atoms with van der Waals surface area (Å²) >= 11 is 9.75. The van der Waals surface area contributed by atoms with Gasteiger partial charge in [0, 0.05) is 26.7 Å². The van der Waals surface area contributed by atoms with E-state index in [1.807, 2.05) is 0 Å². The monoisotopic (exact) mass is 517 g/mol. The van der Waals surface area contributed by atoms with Crippen LogP contribution in [-0.4, -0.2) is 61.1 Å². The number of nitrogen functional groups attached to an aromatic ring is 1. The predicted octanol–water partition coefficient (Wildman–Crippen LogP) is 1.81. The Morgan fingerprint density at radius 3 is 2.58 bits per heavy atom. The highest BCUT2D eigenvalue weighted by Gasteiger charge is 2.50. The summed E-state index contributed by atoms with van der Waals surface area (Å²) in [6.07, 6.45) is 0.424. The number of rotatable bonds is 6. The summed E-state index contributed by atoms with van der Waals surface area (Å²) in [5.41, 5.74) is 6.53. The number of fused-ring (bicyclic) bond motifs is 1. The minimum Gasteiger partial charge on any atom is -0.462 e. The Balaban J connectivity index is 1.99. The van der Waals surface area contributed by atoms with Crippen molar-refractivity contribution in [2.24, 2.45) is 5.92 Å². The lowest BCUT2D eigenvalue weighted by Gasteiger charge is -2.28. The average molecular weight is 519 g/mol. The zero-order chi connectivity index (χ0) is 22.9. The van der Waals surface area contributed by atoms with Gasteiger partial charge in [-0.2, -0.15) is 9.97 Å². The number of carbonyl (C=O) groups excluding carboxylic acids is 3. The fourth-order valence-electron chi connectivity index (χ4n) is 3.77. The molecule has 13 heteroatoms. The molecule has 1 fully saturated rings. The normalized spacial score (nSPS) is 24.0. The molecule has 0 amide bonds. The number of hydrogen-bond acceptors (Lipinski definition) is 10. The Hall–Kier alpha value is -2.47. The summed E-state index contributed by atoms with van der Waals surface area (Å²) in [5, 5.41) is 0.117. The molecule has 2 aromatic heterocycles. The first-order chi connectivity index (χ1) is 14.6. The number of halogens is 2. The van der Waals surface area contributed by atoms with Crippen LogP contribution in [0.15, 0.2) is 6.33 Å². The molecule has 11 nitrogen and oxygen atoms in total. The van der Waals surface area contributed by atoms with Crippen LogP contribution in [0, 0.1) is 5.92 Å². The summed E-state index contributed by atoms with van der Waals surface area (Å²) in [5.74, 6) is -2.06. The smallest absolute Gasteiger partial charge is 0.303 e. The van der Waals surface area contributed by atoms with E-state index in [1.54, 1.807) is 10.9 Å². The third-order valence-corrected chi connectivity index (χ3v) is 6.31. The van der Waals surface area contributed by atoms with Crippen molar-refractivity contribution in [3.05, 3.63) is 11.5 Å². The summed E-state index contributed by atoms with van der Waals surface area (Å²) in [7, 11) is 0. The van der Waals surface area contributed by atoms with E-state index < -0.39 is 40.9 Å². The fourth-order valence-corrected chi connectivity index (χ4v) is 4.96. The van der Waals surface area contributed by atoms with Crippen molar-refractivity contribution in [1.29, 1.82) is 0 Å². The van der Waals surface area contributed by atoms with Crippen LogP contribution in [0.4, 0.5) is 5.95 Å². The third kappa shape index (κ3) is 5.06. The fraction of sp³-hybridized carbons (Fsp3) is 0.556. The molecule has 1 aliphatic rings. The van der Waals surface area contributed by atoms with Gasteiger partial charge in [0.15, 0.2) is 10.8 Å². The van der Waals surface area contributed by atoms with Crippen molar-refractivity contribution in [3.8, 4) is 0 Å². The Kier molecular flexibility index (Phi) is 6.99. The summed E-state index contributed by atoms with van der Waals surface area (Å²) in [6.45, 7) is 3.63. The molecule has 3 rings (SSSR count). The zero-order valence-electron chi connectivity index (χ0n) is 16.9. The third-order valence-electron chi connectivity index (χ3n) is 4.92. The highest BCUT2D eigenvalue weighted by atomic mass is 79.9. The van der Waals surface area contributed by atoms with Gasteiger partial charge >= 0.3 is 17.9 Å². The molecule has 1 unspecified atom stereocenters. The Morgan fingerprint density at radius 2 is 1.97 bits per heavy atom. The summed E-state index contributed by atoms with van der Waals surface area (Å²) in [6, 6.07) is -0.319. The van der Waals surface area contributed by atoms with Crippen LogP contribution in [0.25, 0.3) is 11.2 Å². The maximum absolute atomic E-state index is 11.8. The average Bonchev–Trinajstić information content (AvgIpc) is 3.20. The Bertz CT molecular complexity index is 1020. The molecule has 0 aromatic carbocycles. The second-order valence-electron chi connectivity index (χ2n) is 7.13. The van der Waals surface area contributed by atoms with Gasteiger partial charge in [0.2, 0.25) is 5.95 Å². The quantitative estimate of drug-likeness (QED) is 0.260. The van der Waals surface area contributed by atoms with Crippen LogP contribution in [0.3, 0.4) is 0 Å².